The normalized spacial score (nSPS) is 27.7. The van der Waals surface area contributed by atoms with Gasteiger partial charge in [0.15, 0.2) is 0 Å². The van der Waals surface area contributed by atoms with E-state index in [4.69, 9.17) is 11.6 Å². The van der Waals surface area contributed by atoms with E-state index in [1.165, 1.54) is 23.1 Å². The van der Waals surface area contributed by atoms with E-state index in [9.17, 15) is 19.1 Å². The van der Waals surface area contributed by atoms with Crippen LogP contribution in [0, 0.1) is 17.7 Å². The number of carboxylic acid groups (broad SMARTS) is 1. The maximum absolute atomic E-state index is 13.5. The second kappa shape index (κ2) is 5.30. The van der Waals surface area contributed by atoms with Crippen LogP contribution in [-0.2, 0) is 4.79 Å². The van der Waals surface area contributed by atoms with E-state index < -0.39 is 23.7 Å². The summed E-state index contributed by atoms with van der Waals surface area (Å²) >= 11 is 5.84. The van der Waals surface area contributed by atoms with Gasteiger partial charge in [-0.3, -0.25) is 4.79 Å². The molecule has 112 valence electrons. The molecule has 3 atom stereocenters. The van der Waals surface area contributed by atoms with Gasteiger partial charge >= 0.3 is 5.97 Å². The Labute approximate surface area is 126 Å². The van der Waals surface area contributed by atoms with Crippen LogP contribution < -0.4 is 0 Å². The topological polar surface area (TPSA) is 57.6 Å². The number of likely N-dealkylation sites (tertiary alicyclic amines) is 1. The van der Waals surface area contributed by atoms with E-state index in [2.05, 4.69) is 0 Å². The molecule has 0 radical (unpaired) electrons. The molecule has 1 aromatic rings. The highest BCUT2D eigenvalue weighted by Gasteiger charge is 2.49. The molecule has 1 heterocycles. The maximum Gasteiger partial charge on any atom is 0.326 e. The zero-order valence-corrected chi connectivity index (χ0v) is 12.0. The third kappa shape index (κ3) is 2.29. The number of carbonyl (C=O) groups excluding carboxylic acids is 1. The highest BCUT2D eigenvalue weighted by molar-refractivity contribution is 6.34. The second-order valence-corrected chi connectivity index (χ2v) is 6.07. The van der Waals surface area contributed by atoms with Gasteiger partial charge in [0.25, 0.3) is 5.91 Å². The predicted molar refractivity (Wildman–Crippen MR) is 74.7 cm³/mol. The molecule has 4 nitrogen and oxygen atoms in total. The van der Waals surface area contributed by atoms with E-state index in [0.29, 0.717) is 6.54 Å². The van der Waals surface area contributed by atoms with Gasteiger partial charge in [0.1, 0.15) is 11.9 Å². The van der Waals surface area contributed by atoms with Crippen LogP contribution in [0.5, 0.6) is 0 Å². The van der Waals surface area contributed by atoms with Gasteiger partial charge in [-0.2, -0.15) is 0 Å². The molecule has 1 aliphatic heterocycles. The van der Waals surface area contributed by atoms with Crippen molar-refractivity contribution in [1.29, 1.82) is 0 Å². The van der Waals surface area contributed by atoms with Crippen molar-refractivity contribution in [3.8, 4) is 0 Å². The molecule has 1 N–H and O–H groups in total. The Morgan fingerprint density at radius 1 is 1.33 bits per heavy atom. The van der Waals surface area contributed by atoms with E-state index >= 15 is 0 Å². The third-order valence-corrected chi connectivity index (χ3v) is 4.97. The number of carbonyl (C=O) groups is 2. The molecule has 6 heteroatoms. The number of nitrogens with zero attached hydrogens (tertiary/aromatic N) is 1. The van der Waals surface area contributed by atoms with Crippen LogP contribution in [0.4, 0.5) is 4.39 Å². The smallest absolute Gasteiger partial charge is 0.326 e. The van der Waals surface area contributed by atoms with E-state index in [0.717, 1.165) is 19.3 Å². The Bertz CT molecular complexity index is 607. The summed E-state index contributed by atoms with van der Waals surface area (Å²) in [5.74, 6) is -1.94. The van der Waals surface area contributed by atoms with Gasteiger partial charge in [-0.15, -0.1) is 0 Å². The minimum absolute atomic E-state index is 0.00113. The van der Waals surface area contributed by atoms with E-state index in [1.807, 2.05) is 0 Å². The number of fused-ring (bicyclic) bond motifs is 1. The van der Waals surface area contributed by atoms with Gasteiger partial charge in [-0.1, -0.05) is 24.1 Å². The SMILES string of the molecule is O=C(O)C1C2CCCC2CN1C(=O)c1cccc(F)c1Cl. The van der Waals surface area contributed by atoms with Crippen LogP contribution >= 0.6 is 11.6 Å². The summed E-state index contributed by atoms with van der Waals surface area (Å²) in [5.41, 5.74) is 0.0305. The van der Waals surface area contributed by atoms with Crippen LogP contribution in [0.2, 0.25) is 5.02 Å². The zero-order valence-electron chi connectivity index (χ0n) is 11.3. The molecule has 2 aliphatic rings. The van der Waals surface area contributed by atoms with Crippen molar-refractivity contribution in [2.45, 2.75) is 25.3 Å². The first kappa shape index (κ1) is 14.3. The summed E-state index contributed by atoms with van der Waals surface area (Å²) in [5, 5.41) is 9.20. The van der Waals surface area contributed by atoms with Gasteiger partial charge in [0.2, 0.25) is 0 Å². The third-order valence-electron chi connectivity index (χ3n) is 4.59. The number of benzene rings is 1. The van der Waals surface area contributed by atoms with Gasteiger partial charge in [0, 0.05) is 6.54 Å². The molecule has 0 spiro atoms. The quantitative estimate of drug-likeness (QED) is 0.913. The molecular formula is C15H15ClFNO3. The Kier molecular flexibility index (Phi) is 3.61. The predicted octanol–water partition coefficient (Wildman–Crippen LogP) is 2.80. The molecule has 1 amide bonds. The van der Waals surface area contributed by atoms with Crippen molar-refractivity contribution in [3.63, 3.8) is 0 Å². The standard InChI is InChI=1S/C15H15ClFNO3/c16-12-10(5-2-6-11(12)17)14(19)18-7-8-3-1-4-9(8)13(18)15(20)21/h2,5-6,8-9,13H,1,3-4,7H2,(H,20,21). The van der Waals surface area contributed by atoms with Crippen molar-refractivity contribution >= 4 is 23.5 Å². The summed E-state index contributed by atoms with van der Waals surface area (Å²) in [6, 6.07) is 3.18. The largest absolute Gasteiger partial charge is 0.480 e. The number of hydrogen-bond donors (Lipinski definition) is 1. The fraction of sp³-hybridized carbons (Fsp3) is 0.467. The summed E-state index contributed by atoms with van der Waals surface area (Å²) in [6.45, 7) is 0.410. The number of halogens is 2. The molecule has 21 heavy (non-hydrogen) atoms. The fourth-order valence-electron chi connectivity index (χ4n) is 3.65. The maximum atomic E-state index is 13.5. The number of carboxylic acids is 1. The Morgan fingerprint density at radius 3 is 2.81 bits per heavy atom. The van der Waals surface area contributed by atoms with Crippen molar-refractivity contribution in [2.24, 2.45) is 11.8 Å². The average Bonchev–Trinajstić information content (AvgIpc) is 3.00. The fourth-order valence-corrected chi connectivity index (χ4v) is 3.86. The number of hydrogen-bond acceptors (Lipinski definition) is 2. The summed E-state index contributed by atoms with van der Waals surface area (Å²) in [6.07, 6.45) is 2.76. The molecule has 1 saturated heterocycles. The van der Waals surface area contributed by atoms with Gasteiger partial charge < -0.3 is 10.0 Å². The Morgan fingerprint density at radius 2 is 2.10 bits per heavy atom. The van der Waals surface area contributed by atoms with Crippen LogP contribution in [-0.4, -0.2) is 34.5 Å². The minimum Gasteiger partial charge on any atom is -0.480 e. The molecule has 0 aromatic heterocycles. The molecule has 2 fully saturated rings. The minimum atomic E-state index is -0.995. The number of rotatable bonds is 2. The highest BCUT2D eigenvalue weighted by Crippen LogP contribution is 2.43. The van der Waals surface area contributed by atoms with Crippen LogP contribution in [0.3, 0.4) is 0 Å². The molecule has 1 saturated carbocycles. The van der Waals surface area contributed by atoms with Crippen molar-refractivity contribution < 1.29 is 19.1 Å². The monoisotopic (exact) mass is 311 g/mol. The zero-order chi connectivity index (χ0) is 15.1. The highest BCUT2D eigenvalue weighted by atomic mass is 35.5. The lowest BCUT2D eigenvalue weighted by Gasteiger charge is -2.24. The number of amides is 1. The molecular weight excluding hydrogens is 297 g/mol. The molecule has 0 bridgehead atoms. The van der Waals surface area contributed by atoms with E-state index in [1.54, 1.807) is 0 Å². The summed E-state index contributed by atoms with van der Waals surface area (Å²) in [4.78, 5) is 25.5. The Hall–Kier alpha value is -1.62. The van der Waals surface area contributed by atoms with Crippen LogP contribution in [0.25, 0.3) is 0 Å². The lowest BCUT2D eigenvalue weighted by atomic mass is 9.94. The molecule has 1 aliphatic carbocycles. The summed E-state index contributed by atoms with van der Waals surface area (Å²) < 4.78 is 13.5. The van der Waals surface area contributed by atoms with Crippen LogP contribution in [0.1, 0.15) is 29.6 Å². The van der Waals surface area contributed by atoms with Gasteiger partial charge in [-0.05, 0) is 36.8 Å². The molecule has 3 rings (SSSR count). The van der Waals surface area contributed by atoms with Crippen molar-refractivity contribution in [1.82, 2.24) is 4.90 Å². The summed E-state index contributed by atoms with van der Waals surface area (Å²) in [7, 11) is 0. The first-order valence-corrected chi connectivity index (χ1v) is 7.36. The number of aliphatic carboxylic acids is 1. The average molecular weight is 312 g/mol. The second-order valence-electron chi connectivity index (χ2n) is 5.70. The molecule has 3 unspecified atom stereocenters. The van der Waals surface area contributed by atoms with Crippen molar-refractivity contribution in [3.05, 3.63) is 34.6 Å². The van der Waals surface area contributed by atoms with E-state index in [-0.39, 0.29) is 22.4 Å². The van der Waals surface area contributed by atoms with Crippen molar-refractivity contribution in [2.75, 3.05) is 6.54 Å². The lowest BCUT2D eigenvalue weighted by Crippen LogP contribution is -2.43. The first-order valence-electron chi connectivity index (χ1n) is 6.98. The Balaban J connectivity index is 1.93. The lowest BCUT2D eigenvalue weighted by molar-refractivity contribution is -0.142. The van der Waals surface area contributed by atoms with Gasteiger partial charge in [0.05, 0.1) is 10.6 Å². The van der Waals surface area contributed by atoms with Gasteiger partial charge in [-0.25, -0.2) is 9.18 Å². The van der Waals surface area contributed by atoms with Crippen LogP contribution in [0.15, 0.2) is 18.2 Å². The first-order chi connectivity index (χ1) is 10.0. The molecule has 1 aromatic carbocycles.